The predicted octanol–water partition coefficient (Wildman–Crippen LogP) is 4.13. The molecule has 1 aromatic heterocycles. The Morgan fingerprint density at radius 1 is 1.43 bits per heavy atom. The molecule has 0 N–H and O–H groups in total. The zero-order valence-electron chi connectivity index (χ0n) is 7.09. The van der Waals surface area contributed by atoms with E-state index in [1.807, 2.05) is 24.3 Å². The van der Waals surface area contributed by atoms with Gasteiger partial charge in [-0.2, -0.15) is 0 Å². The third-order valence-electron chi connectivity index (χ3n) is 1.87. The number of alkyl halides is 1. The van der Waals surface area contributed by atoms with Crippen LogP contribution >= 0.6 is 38.9 Å². The van der Waals surface area contributed by atoms with Gasteiger partial charge in [0.1, 0.15) is 0 Å². The number of Topliss-reactive ketones (excluding diaryl/α,β-unsaturated/α-hetero) is 1. The number of rotatable bonds is 2. The molecule has 0 unspecified atom stereocenters. The van der Waals surface area contributed by atoms with Crippen LogP contribution in [-0.2, 0) is 0 Å². The van der Waals surface area contributed by atoms with Crippen molar-refractivity contribution in [1.29, 1.82) is 0 Å². The zero-order chi connectivity index (χ0) is 10.1. The van der Waals surface area contributed by atoms with E-state index >= 15 is 0 Å². The van der Waals surface area contributed by atoms with Crippen LogP contribution in [0.4, 0.5) is 0 Å². The average Bonchev–Trinajstić information content (AvgIpc) is 2.59. The summed E-state index contributed by atoms with van der Waals surface area (Å²) in [6.07, 6.45) is 0. The first-order valence-electron chi connectivity index (χ1n) is 3.99. The van der Waals surface area contributed by atoms with Gasteiger partial charge in [-0.05, 0) is 29.7 Å². The summed E-state index contributed by atoms with van der Waals surface area (Å²) in [7, 11) is 0. The molecule has 0 aliphatic rings. The fourth-order valence-electron chi connectivity index (χ4n) is 1.22. The van der Waals surface area contributed by atoms with Crippen molar-refractivity contribution in [3.05, 3.63) is 34.2 Å². The Labute approximate surface area is 98.8 Å². The number of ketones is 1. The minimum Gasteiger partial charge on any atom is -0.292 e. The molecule has 0 bridgehead atoms. The Hall–Kier alpha value is -0.380. The topological polar surface area (TPSA) is 17.1 Å². The van der Waals surface area contributed by atoms with E-state index in [0.29, 0.717) is 10.4 Å². The van der Waals surface area contributed by atoms with Crippen LogP contribution in [0.25, 0.3) is 10.1 Å². The summed E-state index contributed by atoms with van der Waals surface area (Å²) in [5.41, 5.74) is 0. The van der Waals surface area contributed by atoms with Crippen LogP contribution in [0.15, 0.2) is 24.3 Å². The quantitative estimate of drug-likeness (QED) is 0.600. The Morgan fingerprint density at radius 2 is 2.21 bits per heavy atom. The smallest absolute Gasteiger partial charge is 0.183 e. The van der Waals surface area contributed by atoms with Gasteiger partial charge in [0.2, 0.25) is 0 Å². The molecule has 0 aliphatic carbocycles. The first-order chi connectivity index (χ1) is 6.70. The summed E-state index contributed by atoms with van der Waals surface area (Å²) in [4.78, 5) is 12.2. The number of fused-ring (bicyclic) bond motifs is 1. The molecule has 14 heavy (non-hydrogen) atoms. The van der Waals surface area contributed by atoms with Crippen molar-refractivity contribution in [2.45, 2.75) is 0 Å². The molecule has 0 aliphatic heterocycles. The van der Waals surface area contributed by atoms with E-state index in [4.69, 9.17) is 11.6 Å². The van der Waals surface area contributed by atoms with Gasteiger partial charge in [0.25, 0.3) is 0 Å². The van der Waals surface area contributed by atoms with E-state index < -0.39 is 0 Å². The lowest BCUT2D eigenvalue weighted by Crippen LogP contribution is -1.94. The fourth-order valence-corrected chi connectivity index (χ4v) is 2.87. The molecule has 1 aromatic carbocycles. The lowest BCUT2D eigenvalue weighted by Gasteiger charge is -1.87. The number of thiophene rings is 1. The van der Waals surface area contributed by atoms with Gasteiger partial charge in [0.05, 0.1) is 10.2 Å². The molecule has 0 radical (unpaired) electrons. The molecule has 2 aromatic rings. The molecule has 1 heterocycles. The van der Waals surface area contributed by atoms with Gasteiger partial charge in [0.15, 0.2) is 5.78 Å². The Balaban J connectivity index is 2.56. The highest BCUT2D eigenvalue weighted by Crippen LogP contribution is 2.28. The molecule has 1 nitrogen and oxygen atoms in total. The summed E-state index contributed by atoms with van der Waals surface area (Å²) in [5.74, 6) is 0.113. The van der Waals surface area contributed by atoms with Gasteiger partial charge < -0.3 is 0 Å². The minimum atomic E-state index is 0.113. The van der Waals surface area contributed by atoms with Gasteiger partial charge in [-0.1, -0.05) is 27.5 Å². The number of hydrogen-bond donors (Lipinski definition) is 0. The summed E-state index contributed by atoms with van der Waals surface area (Å²) in [6, 6.07) is 7.53. The highest BCUT2D eigenvalue weighted by molar-refractivity contribution is 9.09. The molecule has 2 rings (SSSR count). The summed E-state index contributed by atoms with van der Waals surface area (Å²) in [5, 5.41) is 2.10. The summed E-state index contributed by atoms with van der Waals surface area (Å²) < 4.78 is 1.10. The SMILES string of the molecule is O=C(CBr)c1cc2cc(Cl)ccc2s1. The van der Waals surface area contributed by atoms with E-state index in [1.54, 1.807) is 0 Å². The Morgan fingerprint density at radius 3 is 2.93 bits per heavy atom. The van der Waals surface area contributed by atoms with Gasteiger partial charge in [-0.25, -0.2) is 0 Å². The average molecular weight is 290 g/mol. The maximum atomic E-state index is 11.4. The number of halogens is 2. The molecule has 4 heteroatoms. The van der Waals surface area contributed by atoms with E-state index in [-0.39, 0.29) is 5.78 Å². The van der Waals surface area contributed by atoms with Crippen LogP contribution in [0, 0.1) is 0 Å². The van der Waals surface area contributed by atoms with Crippen LogP contribution in [0.3, 0.4) is 0 Å². The predicted molar refractivity (Wildman–Crippen MR) is 65.0 cm³/mol. The van der Waals surface area contributed by atoms with E-state index in [1.165, 1.54) is 11.3 Å². The Bertz CT molecular complexity index is 492. The first-order valence-corrected chi connectivity index (χ1v) is 6.30. The first kappa shape index (κ1) is 10.1. The zero-order valence-corrected chi connectivity index (χ0v) is 10.2. The maximum Gasteiger partial charge on any atom is 0.183 e. The van der Waals surface area contributed by atoms with E-state index in [0.717, 1.165) is 15.0 Å². The van der Waals surface area contributed by atoms with Crippen molar-refractivity contribution < 1.29 is 4.79 Å². The van der Waals surface area contributed by atoms with Crippen molar-refractivity contribution in [3.8, 4) is 0 Å². The molecular weight excluding hydrogens is 284 g/mol. The van der Waals surface area contributed by atoms with Crippen molar-refractivity contribution in [1.82, 2.24) is 0 Å². The Kier molecular flexibility index (Phi) is 2.91. The number of hydrogen-bond acceptors (Lipinski definition) is 2. The van der Waals surface area contributed by atoms with Crippen molar-refractivity contribution >= 4 is 54.7 Å². The second kappa shape index (κ2) is 4.01. The van der Waals surface area contributed by atoms with Crippen molar-refractivity contribution in [3.63, 3.8) is 0 Å². The van der Waals surface area contributed by atoms with Crippen LogP contribution < -0.4 is 0 Å². The normalized spacial score (nSPS) is 10.7. The van der Waals surface area contributed by atoms with Gasteiger partial charge in [-0.15, -0.1) is 11.3 Å². The van der Waals surface area contributed by atoms with Gasteiger partial charge in [-0.3, -0.25) is 4.79 Å². The molecule has 0 saturated carbocycles. The van der Waals surface area contributed by atoms with Crippen LogP contribution in [-0.4, -0.2) is 11.1 Å². The lowest BCUT2D eigenvalue weighted by molar-refractivity contribution is 0.102. The second-order valence-electron chi connectivity index (χ2n) is 2.85. The standard InChI is InChI=1S/C10H6BrClOS/c11-5-8(13)10-4-6-3-7(12)1-2-9(6)14-10/h1-4H,5H2. The highest BCUT2D eigenvalue weighted by atomic mass is 79.9. The number of benzene rings is 1. The fraction of sp³-hybridized carbons (Fsp3) is 0.100. The van der Waals surface area contributed by atoms with Gasteiger partial charge in [0, 0.05) is 9.72 Å². The molecule has 0 atom stereocenters. The van der Waals surface area contributed by atoms with E-state index in [9.17, 15) is 4.79 Å². The molecule has 0 amide bonds. The van der Waals surface area contributed by atoms with Crippen LogP contribution in [0.1, 0.15) is 9.67 Å². The molecule has 72 valence electrons. The monoisotopic (exact) mass is 288 g/mol. The van der Waals surface area contributed by atoms with Crippen LogP contribution in [0.2, 0.25) is 5.02 Å². The summed E-state index contributed by atoms with van der Waals surface area (Å²) >= 11 is 10.5. The van der Waals surface area contributed by atoms with Gasteiger partial charge >= 0.3 is 0 Å². The minimum absolute atomic E-state index is 0.113. The molecule has 0 spiro atoms. The molecule has 0 fully saturated rings. The highest BCUT2D eigenvalue weighted by Gasteiger charge is 2.08. The van der Waals surface area contributed by atoms with Crippen LogP contribution in [0.5, 0.6) is 0 Å². The maximum absolute atomic E-state index is 11.4. The number of carbonyl (C=O) groups excluding carboxylic acids is 1. The third-order valence-corrected chi connectivity index (χ3v) is 3.78. The molecular formula is C10H6BrClOS. The molecule has 0 saturated heterocycles. The largest absolute Gasteiger partial charge is 0.292 e. The lowest BCUT2D eigenvalue weighted by atomic mass is 10.2. The van der Waals surface area contributed by atoms with Crippen molar-refractivity contribution in [2.24, 2.45) is 0 Å². The van der Waals surface area contributed by atoms with Crippen molar-refractivity contribution in [2.75, 3.05) is 5.33 Å². The van der Waals surface area contributed by atoms with E-state index in [2.05, 4.69) is 15.9 Å². The summed E-state index contributed by atoms with van der Waals surface area (Å²) in [6.45, 7) is 0. The number of carbonyl (C=O) groups is 1. The third kappa shape index (κ3) is 1.85. The second-order valence-corrected chi connectivity index (χ2v) is 4.93.